The van der Waals surface area contributed by atoms with Crippen molar-refractivity contribution < 1.29 is 80.2 Å². The van der Waals surface area contributed by atoms with Crippen molar-refractivity contribution in [1.82, 2.24) is 0 Å². The lowest BCUT2D eigenvalue weighted by molar-refractivity contribution is -0.161. The maximum Gasteiger partial charge on any atom is 0.472 e. The Morgan fingerprint density at radius 1 is 0.293 bits per heavy atom. The molecule has 546 valence electrons. The fourth-order valence-corrected chi connectivity index (χ4v) is 12.7. The van der Waals surface area contributed by atoms with Crippen LogP contribution >= 0.6 is 15.6 Å². The van der Waals surface area contributed by atoms with E-state index in [1.54, 1.807) is 0 Å². The first-order valence-electron chi connectivity index (χ1n) is 38.0. The molecular formula is C73H142O17P2. The van der Waals surface area contributed by atoms with E-state index in [1.807, 2.05) is 0 Å². The third kappa shape index (κ3) is 66.7. The lowest BCUT2D eigenvalue weighted by Gasteiger charge is -2.21. The maximum absolute atomic E-state index is 13.1. The van der Waals surface area contributed by atoms with E-state index in [-0.39, 0.29) is 25.7 Å². The summed E-state index contributed by atoms with van der Waals surface area (Å²) in [5, 5.41) is 10.6. The third-order valence-corrected chi connectivity index (χ3v) is 18.9. The first-order chi connectivity index (χ1) is 44.4. The van der Waals surface area contributed by atoms with E-state index >= 15 is 0 Å². The molecule has 0 aliphatic carbocycles. The van der Waals surface area contributed by atoms with Gasteiger partial charge in [-0.05, 0) is 37.5 Å². The van der Waals surface area contributed by atoms with Crippen LogP contribution in [0, 0.1) is 11.8 Å². The molecule has 0 rings (SSSR count). The van der Waals surface area contributed by atoms with Gasteiger partial charge in [0.05, 0.1) is 26.4 Å². The summed E-state index contributed by atoms with van der Waals surface area (Å²) in [6, 6.07) is 0. The molecule has 0 aliphatic rings. The molecule has 2 unspecified atom stereocenters. The highest BCUT2D eigenvalue weighted by Gasteiger charge is 2.30. The number of aliphatic hydroxyl groups is 1. The van der Waals surface area contributed by atoms with Crippen LogP contribution in [0.1, 0.15) is 375 Å². The van der Waals surface area contributed by atoms with Crippen LogP contribution in [0.3, 0.4) is 0 Å². The fourth-order valence-electron chi connectivity index (χ4n) is 11.1. The fraction of sp³-hybridized carbons (Fsp3) is 0.945. The van der Waals surface area contributed by atoms with Gasteiger partial charge < -0.3 is 33.8 Å². The summed E-state index contributed by atoms with van der Waals surface area (Å²) in [7, 11) is -9.89. The second kappa shape index (κ2) is 65.0. The van der Waals surface area contributed by atoms with E-state index in [9.17, 15) is 43.2 Å². The predicted molar refractivity (Wildman–Crippen MR) is 372 cm³/mol. The smallest absolute Gasteiger partial charge is 0.462 e. The summed E-state index contributed by atoms with van der Waals surface area (Å²) in [5.74, 6) is -0.639. The van der Waals surface area contributed by atoms with Gasteiger partial charge in [-0.15, -0.1) is 0 Å². The molecule has 0 saturated carbocycles. The van der Waals surface area contributed by atoms with Crippen LogP contribution in [-0.4, -0.2) is 96.7 Å². The van der Waals surface area contributed by atoms with Crippen LogP contribution in [-0.2, 0) is 65.4 Å². The summed E-state index contributed by atoms with van der Waals surface area (Å²) >= 11 is 0. The molecule has 3 N–H and O–H groups in total. The minimum atomic E-state index is -4.95. The minimum absolute atomic E-state index is 0.104. The molecule has 19 heteroatoms. The van der Waals surface area contributed by atoms with E-state index < -0.39 is 97.5 Å². The molecule has 0 aliphatic heterocycles. The molecule has 0 heterocycles. The number of phosphoric ester groups is 2. The zero-order valence-electron chi connectivity index (χ0n) is 59.9. The number of unbranched alkanes of at least 4 members (excludes halogenated alkanes) is 42. The van der Waals surface area contributed by atoms with Crippen LogP contribution < -0.4 is 0 Å². The van der Waals surface area contributed by atoms with Crippen molar-refractivity contribution in [3.8, 4) is 0 Å². The van der Waals surface area contributed by atoms with Gasteiger partial charge in [0.2, 0.25) is 0 Å². The Hall–Kier alpha value is -1.94. The average molecular weight is 1350 g/mol. The van der Waals surface area contributed by atoms with Gasteiger partial charge in [0.1, 0.15) is 19.3 Å². The van der Waals surface area contributed by atoms with Crippen molar-refractivity contribution in [3.05, 3.63) is 0 Å². The SMILES string of the molecule is CCCCCCCCCCCCCCCCCCCCCCCCC(=O)O[C@H](COC(=O)CCCCCCCCCCCCC(C)C)COP(=O)(O)OC[C@@H](O)COP(=O)(O)OC[C@@H](COC(=O)CCCCCCC)OC(=O)CCCCCCCCCCCC(C)C. The quantitative estimate of drug-likeness (QED) is 0.0222. The summed E-state index contributed by atoms with van der Waals surface area (Å²) in [4.78, 5) is 72.3. The number of carbonyl (C=O) groups excluding carboxylic acids is 4. The Balaban J connectivity index is 5.10. The Kier molecular flexibility index (Phi) is 63.7. The zero-order valence-corrected chi connectivity index (χ0v) is 61.6. The second-order valence-electron chi connectivity index (χ2n) is 27.3. The Labute approximate surface area is 562 Å². The Morgan fingerprint density at radius 3 is 0.739 bits per heavy atom. The van der Waals surface area contributed by atoms with Gasteiger partial charge in [-0.1, -0.05) is 324 Å². The van der Waals surface area contributed by atoms with Gasteiger partial charge in [-0.2, -0.15) is 0 Å². The molecular weight excluding hydrogens is 1210 g/mol. The van der Waals surface area contributed by atoms with Gasteiger partial charge in [0.25, 0.3) is 0 Å². The largest absolute Gasteiger partial charge is 0.472 e. The maximum atomic E-state index is 13.1. The van der Waals surface area contributed by atoms with Crippen LogP contribution in [0.15, 0.2) is 0 Å². The molecule has 0 aromatic rings. The minimum Gasteiger partial charge on any atom is -0.462 e. The van der Waals surface area contributed by atoms with Gasteiger partial charge in [0, 0.05) is 25.7 Å². The summed E-state index contributed by atoms with van der Waals surface area (Å²) in [6.45, 7) is 9.44. The highest BCUT2D eigenvalue weighted by atomic mass is 31.2. The lowest BCUT2D eigenvalue weighted by atomic mass is 10.0. The lowest BCUT2D eigenvalue weighted by Crippen LogP contribution is -2.30. The van der Waals surface area contributed by atoms with Crippen molar-refractivity contribution in [2.75, 3.05) is 39.6 Å². The summed E-state index contributed by atoms with van der Waals surface area (Å²) in [6.07, 6.45) is 52.0. The molecule has 0 saturated heterocycles. The highest BCUT2D eigenvalue weighted by Crippen LogP contribution is 2.45. The molecule has 17 nitrogen and oxygen atoms in total. The Morgan fingerprint density at radius 2 is 0.500 bits per heavy atom. The molecule has 0 aromatic carbocycles. The Bertz CT molecular complexity index is 1790. The molecule has 0 aromatic heterocycles. The van der Waals surface area contributed by atoms with Gasteiger partial charge in [0.15, 0.2) is 12.2 Å². The van der Waals surface area contributed by atoms with Crippen LogP contribution in [0.5, 0.6) is 0 Å². The van der Waals surface area contributed by atoms with Crippen molar-refractivity contribution >= 4 is 39.5 Å². The van der Waals surface area contributed by atoms with Crippen LogP contribution in [0.2, 0.25) is 0 Å². The number of esters is 4. The average Bonchev–Trinajstić information content (AvgIpc) is 2.96. The molecule has 0 radical (unpaired) electrons. The zero-order chi connectivity index (χ0) is 67.9. The van der Waals surface area contributed by atoms with Crippen molar-refractivity contribution in [1.29, 1.82) is 0 Å². The first kappa shape index (κ1) is 90.1. The number of phosphoric acid groups is 2. The second-order valence-corrected chi connectivity index (χ2v) is 30.2. The van der Waals surface area contributed by atoms with E-state index in [0.717, 1.165) is 108 Å². The molecule has 5 atom stereocenters. The van der Waals surface area contributed by atoms with E-state index in [0.29, 0.717) is 25.7 Å². The third-order valence-electron chi connectivity index (χ3n) is 17.0. The van der Waals surface area contributed by atoms with E-state index in [1.165, 1.54) is 186 Å². The van der Waals surface area contributed by atoms with Crippen LogP contribution in [0.4, 0.5) is 0 Å². The molecule has 0 bridgehead atoms. The van der Waals surface area contributed by atoms with Crippen molar-refractivity contribution in [3.63, 3.8) is 0 Å². The van der Waals surface area contributed by atoms with Crippen molar-refractivity contribution in [2.45, 2.75) is 394 Å². The number of hydrogen-bond donors (Lipinski definition) is 3. The van der Waals surface area contributed by atoms with E-state index in [4.69, 9.17) is 37.0 Å². The van der Waals surface area contributed by atoms with Gasteiger partial charge in [-0.3, -0.25) is 37.3 Å². The van der Waals surface area contributed by atoms with Crippen molar-refractivity contribution in [2.24, 2.45) is 11.8 Å². The normalized spacial score (nSPS) is 14.1. The molecule has 92 heavy (non-hydrogen) atoms. The molecule has 0 fully saturated rings. The molecule has 0 spiro atoms. The number of rotatable bonds is 72. The van der Waals surface area contributed by atoms with Crippen LogP contribution in [0.25, 0.3) is 0 Å². The monoisotopic (exact) mass is 1350 g/mol. The summed E-state index contributed by atoms with van der Waals surface area (Å²) in [5.41, 5.74) is 0. The van der Waals surface area contributed by atoms with Gasteiger partial charge >= 0.3 is 39.5 Å². The van der Waals surface area contributed by atoms with E-state index in [2.05, 4.69) is 41.5 Å². The molecule has 0 amide bonds. The predicted octanol–water partition coefficient (Wildman–Crippen LogP) is 21.2. The van der Waals surface area contributed by atoms with Gasteiger partial charge in [-0.25, -0.2) is 9.13 Å². The highest BCUT2D eigenvalue weighted by molar-refractivity contribution is 7.47. The number of aliphatic hydroxyl groups excluding tert-OH is 1. The number of ether oxygens (including phenoxy) is 4. The number of hydrogen-bond acceptors (Lipinski definition) is 15. The topological polar surface area (TPSA) is 237 Å². The number of carbonyl (C=O) groups is 4. The first-order valence-corrected chi connectivity index (χ1v) is 41.0. The standard InChI is InChI=1S/C73H142O17P2/c1-7-9-11-13-14-15-16-17-18-19-20-21-22-23-24-25-26-27-34-39-45-51-57-72(77)90-69(62-84-71(76)56-50-44-38-33-29-28-31-36-42-47-53-65(3)4)64-88-92(81,82)86-60-67(74)59-85-91(79,80)87-63-68(61-83-70(75)55-49-41-12-10-8-2)89-73(78)58-52-46-40-35-30-32-37-43-48-54-66(5)6/h65-69,74H,7-64H2,1-6H3,(H,79,80)(H,81,82)/t67-,68+,69+/m0/s1. The summed E-state index contributed by atoms with van der Waals surface area (Å²) < 4.78 is 68.1.